The summed E-state index contributed by atoms with van der Waals surface area (Å²) in [6.07, 6.45) is 1.90. The summed E-state index contributed by atoms with van der Waals surface area (Å²) < 4.78 is 0. The Kier molecular flexibility index (Phi) is 6.58. The van der Waals surface area contributed by atoms with Crippen molar-refractivity contribution in [2.45, 2.75) is 26.3 Å². The van der Waals surface area contributed by atoms with Gasteiger partial charge in [0, 0.05) is 36.8 Å². The molecule has 8 heteroatoms. The number of nitrogens with zero attached hydrogens (tertiary/aromatic N) is 2. The molecule has 3 aromatic carbocycles. The highest BCUT2D eigenvalue weighted by Gasteiger charge is 2.29. The Balaban J connectivity index is 1.50. The average molecular weight is 459 g/mol. The second kappa shape index (κ2) is 9.74. The van der Waals surface area contributed by atoms with Crippen LogP contribution >= 0.6 is 0 Å². The van der Waals surface area contributed by atoms with Crippen molar-refractivity contribution in [3.05, 3.63) is 86.8 Å². The Bertz CT molecular complexity index is 1380. The number of carboxylic acid groups (broad SMARTS) is 1. The molecule has 3 N–H and O–H groups in total. The maximum atomic E-state index is 12.1. The van der Waals surface area contributed by atoms with Gasteiger partial charge in [0.25, 0.3) is 10.9 Å². The van der Waals surface area contributed by atoms with Crippen molar-refractivity contribution in [2.24, 2.45) is 0 Å². The zero-order valence-electron chi connectivity index (χ0n) is 19.0. The SMILES string of the molecule is CCN(CC)c1c(N[C@@H](Cc2ccc(Nc3nccc4ccccc34)cc2)C(=O)O)c(=O)c1=O. The number of carboxylic acids is 1. The smallest absolute Gasteiger partial charge is 0.326 e. The van der Waals surface area contributed by atoms with Crippen molar-refractivity contribution >= 4 is 39.6 Å². The number of aromatic nitrogens is 1. The van der Waals surface area contributed by atoms with Crippen LogP contribution in [0.4, 0.5) is 22.9 Å². The molecule has 1 atom stereocenters. The van der Waals surface area contributed by atoms with Crippen molar-refractivity contribution in [2.75, 3.05) is 28.6 Å². The molecule has 0 aliphatic rings. The predicted octanol–water partition coefficient (Wildman–Crippen LogP) is 3.53. The Morgan fingerprint density at radius 3 is 2.38 bits per heavy atom. The van der Waals surface area contributed by atoms with Gasteiger partial charge in [0.15, 0.2) is 0 Å². The zero-order chi connectivity index (χ0) is 24.2. The molecule has 174 valence electrons. The number of hydrogen-bond donors (Lipinski definition) is 3. The number of nitrogens with one attached hydrogen (secondary N) is 2. The van der Waals surface area contributed by atoms with Gasteiger partial charge in [-0.05, 0) is 43.0 Å². The highest BCUT2D eigenvalue weighted by Crippen LogP contribution is 2.25. The van der Waals surface area contributed by atoms with Crippen LogP contribution in [-0.2, 0) is 11.2 Å². The summed E-state index contributed by atoms with van der Waals surface area (Å²) in [5.41, 5.74) is 0.700. The van der Waals surface area contributed by atoms with Crippen LogP contribution in [0, 0.1) is 0 Å². The lowest BCUT2D eigenvalue weighted by molar-refractivity contribution is -0.137. The molecule has 1 heterocycles. The fourth-order valence-corrected chi connectivity index (χ4v) is 4.05. The van der Waals surface area contributed by atoms with E-state index in [1.165, 1.54) is 0 Å². The maximum Gasteiger partial charge on any atom is 0.326 e. The first-order chi connectivity index (χ1) is 16.4. The van der Waals surface area contributed by atoms with Crippen molar-refractivity contribution in [3.8, 4) is 0 Å². The zero-order valence-corrected chi connectivity index (χ0v) is 19.0. The first-order valence-corrected chi connectivity index (χ1v) is 11.2. The summed E-state index contributed by atoms with van der Waals surface area (Å²) in [6, 6.07) is 16.2. The molecule has 34 heavy (non-hydrogen) atoms. The lowest BCUT2D eigenvalue weighted by Crippen LogP contribution is -2.45. The Labute approximate surface area is 196 Å². The second-order valence-electron chi connectivity index (χ2n) is 8.00. The topological polar surface area (TPSA) is 112 Å². The summed E-state index contributed by atoms with van der Waals surface area (Å²) in [5, 5.41) is 17.9. The summed E-state index contributed by atoms with van der Waals surface area (Å²) in [7, 11) is 0. The first-order valence-electron chi connectivity index (χ1n) is 11.2. The highest BCUT2D eigenvalue weighted by atomic mass is 16.4. The Morgan fingerprint density at radius 2 is 1.71 bits per heavy atom. The van der Waals surface area contributed by atoms with E-state index in [2.05, 4.69) is 15.6 Å². The first kappa shape index (κ1) is 23.0. The van der Waals surface area contributed by atoms with Crippen LogP contribution in [0.15, 0.2) is 70.4 Å². The maximum absolute atomic E-state index is 12.1. The third-order valence-corrected chi connectivity index (χ3v) is 5.91. The molecule has 0 radical (unpaired) electrons. The van der Waals surface area contributed by atoms with Gasteiger partial charge < -0.3 is 20.6 Å². The normalized spacial score (nSPS) is 11.9. The number of hydrogen-bond acceptors (Lipinski definition) is 7. The van der Waals surface area contributed by atoms with E-state index in [4.69, 9.17) is 0 Å². The number of anilines is 4. The predicted molar refractivity (Wildman–Crippen MR) is 135 cm³/mol. The lowest BCUT2D eigenvalue weighted by atomic mass is 10.0. The molecule has 0 amide bonds. The van der Waals surface area contributed by atoms with Gasteiger partial charge in [0.2, 0.25) is 0 Å². The van der Waals surface area contributed by atoms with Crippen molar-refractivity contribution in [3.63, 3.8) is 0 Å². The lowest BCUT2D eigenvalue weighted by Gasteiger charge is -2.26. The molecule has 4 rings (SSSR count). The minimum absolute atomic E-state index is 0.0846. The molecule has 0 aliphatic carbocycles. The number of aliphatic carboxylic acids is 1. The van der Waals surface area contributed by atoms with Crippen LogP contribution in [0.25, 0.3) is 10.8 Å². The molecule has 0 aliphatic heterocycles. The molecule has 0 unspecified atom stereocenters. The van der Waals surface area contributed by atoms with Crippen LogP contribution in [0.3, 0.4) is 0 Å². The van der Waals surface area contributed by atoms with Crippen molar-refractivity contribution in [1.29, 1.82) is 0 Å². The standard InChI is InChI=1S/C26H26N4O4/c1-3-30(4-2)22-21(23(31)24(22)32)29-20(26(33)34)15-16-9-11-18(12-10-16)28-25-19-8-6-5-7-17(19)13-14-27-25/h5-14,20,29H,3-4,15H2,1-2H3,(H,27,28)(H,33,34)/t20-/m0/s1. The van der Waals surface area contributed by atoms with E-state index in [0.29, 0.717) is 13.1 Å². The molecular formula is C26H26N4O4. The molecule has 4 aromatic rings. The number of rotatable bonds is 10. The average Bonchev–Trinajstić information content (AvgIpc) is 2.86. The van der Waals surface area contributed by atoms with Crippen molar-refractivity contribution in [1.82, 2.24) is 4.98 Å². The summed E-state index contributed by atoms with van der Waals surface area (Å²) in [4.78, 5) is 42.3. The number of fused-ring (bicyclic) bond motifs is 1. The van der Waals surface area contributed by atoms with Gasteiger partial charge in [-0.2, -0.15) is 0 Å². The van der Waals surface area contributed by atoms with E-state index in [9.17, 15) is 19.5 Å². The molecule has 0 spiro atoms. The van der Waals surface area contributed by atoms with E-state index >= 15 is 0 Å². The Hall–Kier alpha value is -4.20. The molecule has 8 nitrogen and oxygen atoms in total. The Morgan fingerprint density at radius 1 is 1.00 bits per heavy atom. The summed E-state index contributed by atoms with van der Waals surface area (Å²) in [5.74, 6) is -0.360. The highest BCUT2D eigenvalue weighted by molar-refractivity contribution is 5.93. The molecule has 0 bridgehead atoms. The molecule has 0 saturated carbocycles. The van der Waals surface area contributed by atoms with Crippen LogP contribution < -0.4 is 26.4 Å². The molecule has 0 fully saturated rings. The van der Waals surface area contributed by atoms with Crippen molar-refractivity contribution < 1.29 is 9.90 Å². The largest absolute Gasteiger partial charge is 0.480 e. The fourth-order valence-electron chi connectivity index (χ4n) is 4.05. The van der Waals surface area contributed by atoms with Crippen LogP contribution in [-0.4, -0.2) is 35.2 Å². The van der Waals surface area contributed by atoms with E-state index in [1.807, 2.05) is 68.4 Å². The summed E-state index contributed by atoms with van der Waals surface area (Å²) >= 11 is 0. The van der Waals surface area contributed by atoms with E-state index in [0.717, 1.165) is 27.8 Å². The minimum atomic E-state index is -1.10. The second-order valence-corrected chi connectivity index (χ2v) is 8.00. The quantitative estimate of drug-likeness (QED) is 0.310. The van der Waals surface area contributed by atoms with Gasteiger partial charge >= 0.3 is 5.97 Å². The van der Waals surface area contributed by atoms with Gasteiger partial charge in [-0.25, -0.2) is 9.78 Å². The van der Waals surface area contributed by atoms with Crippen LogP contribution in [0.5, 0.6) is 0 Å². The number of benzene rings is 2. The van der Waals surface area contributed by atoms with Gasteiger partial charge in [-0.15, -0.1) is 0 Å². The van der Waals surface area contributed by atoms with Crippen LogP contribution in [0.1, 0.15) is 19.4 Å². The fraction of sp³-hybridized carbons (Fsp3) is 0.231. The third kappa shape index (κ3) is 4.47. The summed E-state index contributed by atoms with van der Waals surface area (Å²) in [6.45, 7) is 4.85. The number of pyridine rings is 1. The monoisotopic (exact) mass is 458 g/mol. The molecular weight excluding hydrogens is 432 g/mol. The minimum Gasteiger partial charge on any atom is -0.480 e. The van der Waals surface area contributed by atoms with E-state index in [1.54, 1.807) is 11.1 Å². The molecule has 0 saturated heterocycles. The van der Waals surface area contributed by atoms with Crippen LogP contribution in [0.2, 0.25) is 0 Å². The van der Waals surface area contributed by atoms with E-state index in [-0.39, 0.29) is 17.8 Å². The van der Waals surface area contributed by atoms with E-state index < -0.39 is 22.9 Å². The molecule has 1 aromatic heterocycles. The van der Waals surface area contributed by atoms with Gasteiger partial charge in [-0.3, -0.25) is 9.59 Å². The number of carbonyl (C=O) groups is 1. The van der Waals surface area contributed by atoms with Gasteiger partial charge in [0.05, 0.1) is 0 Å². The third-order valence-electron chi connectivity index (χ3n) is 5.91. The van der Waals surface area contributed by atoms with Gasteiger partial charge in [-0.1, -0.05) is 36.4 Å². The van der Waals surface area contributed by atoms with Gasteiger partial charge in [0.1, 0.15) is 23.2 Å².